The molecular formula is C38H65N7O6. The molecule has 4 fully saturated rings. The first-order chi connectivity index (χ1) is 23.6. The summed E-state index contributed by atoms with van der Waals surface area (Å²) in [6.45, 7) is 19.8. The third kappa shape index (κ3) is 9.61. The van der Waals surface area contributed by atoms with Crippen molar-refractivity contribution in [3.63, 3.8) is 0 Å². The van der Waals surface area contributed by atoms with Crippen molar-refractivity contribution in [1.29, 1.82) is 0 Å². The number of nitrogens with one attached hydrogen (secondary N) is 4. The van der Waals surface area contributed by atoms with E-state index >= 15 is 0 Å². The summed E-state index contributed by atoms with van der Waals surface area (Å²) in [5.41, 5.74) is 4.23. The Bertz CT molecular complexity index is 1330. The van der Waals surface area contributed by atoms with Crippen LogP contribution in [0.5, 0.6) is 0 Å². The van der Waals surface area contributed by atoms with Crippen molar-refractivity contribution in [3.05, 3.63) is 0 Å². The molecule has 13 heteroatoms. The van der Waals surface area contributed by atoms with E-state index in [9.17, 15) is 28.8 Å². The standard InChI is InChI=1S/C38H65N7O6/c1-22(2)28(33(49)44-17-16-40-37(6,7)21-44)42-35(51)43-30(36(3,4)5)34(50)45-20-25(38(8,9)24-14-11-15-24)19-27(45)32(48)41-26(29(46)31(39)47)18-23-12-10-13-23/h22-28,30,40H,10-21H2,1-9H3,(H2,39,47)(H,41,48)(H2,42,43,51)/t25-,26?,27?,28-,30-/m0/s1. The first-order valence-electron chi connectivity index (χ1n) is 19.2. The van der Waals surface area contributed by atoms with Crippen LogP contribution in [-0.2, 0) is 24.0 Å². The molecule has 2 aliphatic heterocycles. The summed E-state index contributed by atoms with van der Waals surface area (Å²) in [6, 6.07) is -4.42. The molecule has 0 spiro atoms. The molecule has 0 bridgehead atoms. The molecule has 13 nitrogen and oxygen atoms in total. The van der Waals surface area contributed by atoms with Gasteiger partial charge in [0.15, 0.2) is 0 Å². The molecule has 51 heavy (non-hydrogen) atoms. The minimum absolute atomic E-state index is 0.0000881. The molecule has 2 heterocycles. The first kappa shape index (κ1) is 40.5. The van der Waals surface area contributed by atoms with Gasteiger partial charge in [-0.15, -0.1) is 0 Å². The van der Waals surface area contributed by atoms with Crippen molar-refractivity contribution in [3.8, 4) is 0 Å². The van der Waals surface area contributed by atoms with E-state index in [1.54, 1.807) is 9.80 Å². The van der Waals surface area contributed by atoms with Crippen molar-refractivity contribution in [1.82, 2.24) is 31.1 Å². The number of urea groups is 1. The number of ketones is 1. The number of hydrogen-bond donors (Lipinski definition) is 5. The molecule has 4 aliphatic rings. The van der Waals surface area contributed by atoms with Crippen molar-refractivity contribution in [2.45, 2.75) is 143 Å². The Balaban J connectivity index is 1.56. The van der Waals surface area contributed by atoms with Gasteiger partial charge < -0.3 is 36.8 Å². The number of carbonyl (C=O) groups excluding carboxylic acids is 6. The Kier molecular flexibility index (Phi) is 12.6. The zero-order chi connectivity index (χ0) is 38.1. The topological polar surface area (TPSA) is 183 Å². The molecule has 2 aliphatic carbocycles. The average Bonchev–Trinajstić information content (AvgIpc) is 3.43. The van der Waals surface area contributed by atoms with E-state index in [-0.39, 0.29) is 34.6 Å². The Morgan fingerprint density at radius 1 is 0.882 bits per heavy atom. The molecule has 288 valence electrons. The number of hydrogen-bond acceptors (Lipinski definition) is 7. The molecule has 2 unspecified atom stereocenters. The molecule has 6 N–H and O–H groups in total. The Morgan fingerprint density at radius 2 is 1.51 bits per heavy atom. The van der Waals surface area contributed by atoms with Crippen LogP contribution in [-0.4, -0.2) is 101 Å². The third-order valence-corrected chi connectivity index (χ3v) is 12.3. The molecule has 0 radical (unpaired) electrons. The lowest BCUT2D eigenvalue weighted by atomic mass is 9.61. The van der Waals surface area contributed by atoms with Crippen LogP contribution in [0.25, 0.3) is 0 Å². The number of amides is 6. The van der Waals surface area contributed by atoms with Gasteiger partial charge in [0.2, 0.25) is 23.5 Å². The lowest BCUT2D eigenvalue weighted by Crippen LogP contribution is -2.64. The normalized spacial score (nSPS) is 24.5. The number of likely N-dealkylation sites (tertiary alicyclic amines) is 1. The molecule has 0 aromatic rings. The van der Waals surface area contributed by atoms with Crippen LogP contribution in [0.4, 0.5) is 4.79 Å². The summed E-state index contributed by atoms with van der Waals surface area (Å²) in [6.07, 6.45) is 6.95. The van der Waals surface area contributed by atoms with Crippen molar-refractivity contribution in [2.75, 3.05) is 26.2 Å². The number of Topliss-reactive ketones (excluding diaryl/α,β-unsaturated/α-hetero) is 1. The first-order valence-corrected chi connectivity index (χ1v) is 19.2. The Morgan fingerprint density at radius 3 is 2.00 bits per heavy atom. The van der Waals surface area contributed by atoms with Gasteiger partial charge in [-0.05, 0) is 74.0 Å². The van der Waals surface area contributed by atoms with Gasteiger partial charge in [-0.3, -0.25) is 24.0 Å². The highest BCUT2D eigenvalue weighted by atomic mass is 16.2. The van der Waals surface area contributed by atoms with Gasteiger partial charge in [0, 0.05) is 31.7 Å². The molecule has 2 saturated heterocycles. The van der Waals surface area contributed by atoms with Gasteiger partial charge in [-0.2, -0.15) is 0 Å². The largest absolute Gasteiger partial charge is 0.363 e. The number of nitrogens with two attached hydrogens (primary N) is 1. The number of carbonyl (C=O) groups is 6. The van der Waals surface area contributed by atoms with E-state index in [2.05, 4.69) is 35.1 Å². The highest BCUT2D eigenvalue weighted by Crippen LogP contribution is 2.50. The summed E-state index contributed by atoms with van der Waals surface area (Å²) in [7, 11) is 0. The van der Waals surface area contributed by atoms with Crippen LogP contribution in [0.15, 0.2) is 0 Å². The Hall–Kier alpha value is -3.22. The van der Waals surface area contributed by atoms with Crippen molar-refractivity contribution < 1.29 is 28.8 Å². The SMILES string of the molecule is CC(C)[C@H](NC(=O)N[C@@H](C(=O)N1C[C@@H](C(C)(C)C2CCC2)CC1C(=O)NC(CC1CCC1)C(=O)C(N)=O)C(C)(C)C)C(=O)N1CCNC(C)(C)C1. The Labute approximate surface area is 304 Å². The van der Waals surface area contributed by atoms with E-state index in [1.165, 1.54) is 0 Å². The molecule has 5 atom stereocenters. The predicted octanol–water partition coefficient (Wildman–Crippen LogP) is 2.71. The molecule has 0 aromatic carbocycles. The maximum Gasteiger partial charge on any atom is 0.316 e. The molecule has 4 rings (SSSR count). The summed E-state index contributed by atoms with van der Waals surface area (Å²) >= 11 is 0. The number of piperazine rings is 1. The van der Waals surface area contributed by atoms with Crippen LogP contribution in [0.1, 0.15) is 114 Å². The van der Waals surface area contributed by atoms with Crippen LogP contribution in [0.3, 0.4) is 0 Å². The van der Waals surface area contributed by atoms with Gasteiger partial charge >= 0.3 is 6.03 Å². The lowest BCUT2D eigenvalue weighted by molar-refractivity contribution is -0.143. The maximum atomic E-state index is 14.7. The van der Waals surface area contributed by atoms with Crippen LogP contribution >= 0.6 is 0 Å². The minimum Gasteiger partial charge on any atom is -0.363 e. The monoisotopic (exact) mass is 715 g/mol. The molecule has 2 saturated carbocycles. The minimum atomic E-state index is -1.09. The zero-order valence-corrected chi connectivity index (χ0v) is 32.5. The fourth-order valence-corrected chi connectivity index (χ4v) is 8.25. The van der Waals surface area contributed by atoms with E-state index in [4.69, 9.17) is 5.73 Å². The maximum absolute atomic E-state index is 14.7. The van der Waals surface area contributed by atoms with E-state index < -0.39 is 59.1 Å². The summed E-state index contributed by atoms with van der Waals surface area (Å²) in [5.74, 6) is -2.51. The predicted molar refractivity (Wildman–Crippen MR) is 195 cm³/mol. The number of primary amides is 1. The summed E-state index contributed by atoms with van der Waals surface area (Å²) in [4.78, 5) is 84.4. The molecule has 0 aromatic heterocycles. The smallest absolute Gasteiger partial charge is 0.316 e. The average molecular weight is 716 g/mol. The second kappa shape index (κ2) is 15.8. The fraction of sp³-hybridized carbons (Fsp3) is 0.842. The van der Waals surface area contributed by atoms with Gasteiger partial charge in [0.1, 0.15) is 18.1 Å². The van der Waals surface area contributed by atoms with Crippen LogP contribution in [0, 0.1) is 34.5 Å². The second-order valence-electron chi connectivity index (χ2n) is 18.4. The van der Waals surface area contributed by atoms with E-state index in [1.807, 2.05) is 48.5 Å². The van der Waals surface area contributed by atoms with Gasteiger partial charge in [0.25, 0.3) is 5.91 Å². The zero-order valence-electron chi connectivity index (χ0n) is 32.5. The fourth-order valence-electron chi connectivity index (χ4n) is 8.25. The quantitative estimate of drug-likeness (QED) is 0.182. The number of rotatable bonds is 13. The highest BCUT2D eigenvalue weighted by Gasteiger charge is 2.51. The second-order valence-corrected chi connectivity index (χ2v) is 18.4. The summed E-state index contributed by atoms with van der Waals surface area (Å²) in [5, 5.41) is 12.0. The van der Waals surface area contributed by atoms with Crippen molar-refractivity contribution >= 4 is 35.4 Å². The van der Waals surface area contributed by atoms with Crippen molar-refractivity contribution in [2.24, 2.45) is 40.2 Å². The van der Waals surface area contributed by atoms with E-state index in [0.29, 0.717) is 44.9 Å². The van der Waals surface area contributed by atoms with Crippen LogP contribution < -0.4 is 27.0 Å². The van der Waals surface area contributed by atoms with E-state index in [0.717, 1.165) is 38.5 Å². The lowest BCUT2D eigenvalue weighted by Gasteiger charge is -2.44. The molecular weight excluding hydrogens is 650 g/mol. The summed E-state index contributed by atoms with van der Waals surface area (Å²) < 4.78 is 0. The van der Waals surface area contributed by atoms with Gasteiger partial charge in [0.05, 0.1) is 6.04 Å². The van der Waals surface area contributed by atoms with Gasteiger partial charge in [-0.1, -0.05) is 74.1 Å². The number of nitrogens with zero attached hydrogens (tertiary/aromatic N) is 2. The van der Waals surface area contributed by atoms with Crippen LogP contribution in [0.2, 0.25) is 0 Å². The molecule has 6 amide bonds. The third-order valence-electron chi connectivity index (χ3n) is 12.3. The highest BCUT2D eigenvalue weighted by molar-refractivity contribution is 6.37. The van der Waals surface area contributed by atoms with Gasteiger partial charge in [-0.25, -0.2) is 4.79 Å².